The average molecular weight is 491 g/mol. The van der Waals surface area contributed by atoms with Crippen LogP contribution in [0.3, 0.4) is 0 Å². The molecule has 0 radical (unpaired) electrons. The van der Waals surface area contributed by atoms with E-state index in [1.54, 1.807) is 11.3 Å². The lowest BCUT2D eigenvalue weighted by atomic mass is 10.2. The molecule has 35 heavy (non-hydrogen) atoms. The second-order valence-corrected chi connectivity index (χ2v) is 10.5. The van der Waals surface area contributed by atoms with Crippen molar-refractivity contribution in [1.82, 2.24) is 20.1 Å². The third-order valence-electron chi connectivity index (χ3n) is 6.96. The van der Waals surface area contributed by atoms with E-state index in [1.807, 2.05) is 47.4 Å². The first-order valence-electron chi connectivity index (χ1n) is 12.7. The third-order valence-corrected chi connectivity index (χ3v) is 8.09. The van der Waals surface area contributed by atoms with Crippen LogP contribution in [-0.4, -0.2) is 53.1 Å². The molecule has 5 rings (SSSR count). The van der Waals surface area contributed by atoms with Crippen molar-refractivity contribution in [1.29, 1.82) is 0 Å². The lowest BCUT2D eigenvalue weighted by molar-refractivity contribution is 0.192. The van der Waals surface area contributed by atoms with Crippen LogP contribution < -0.4 is 10.1 Å². The summed E-state index contributed by atoms with van der Waals surface area (Å²) in [4.78, 5) is 23.2. The molecular formula is C28H34N4O2S. The molecule has 0 bridgehead atoms. The van der Waals surface area contributed by atoms with Gasteiger partial charge >= 0.3 is 6.03 Å². The van der Waals surface area contributed by atoms with Crippen LogP contribution in [0, 0.1) is 0 Å². The number of fused-ring (bicyclic) bond motifs is 1. The van der Waals surface area contributed by atoms with Gasteiger partial charge in [-0.15, -0.1) is 11.3 Å². The monoisotopic (exact) mass is 490 g/mol. The number of nitrogens with zero attached hydrogens (tertiary/aromatic N) is 3. The molecule has 7 heteroatoms. The molecule has 1 fully saturated rings. The Labute approximate surface area is 211 Å². The van der Waals surface area contributed by atoms with Gasteiger partial charge in [-0.3, -0.25) is 0 Å². The molecule has 2 aliphatic heterocycles. The first-order valence-corrected chi connectivity index (χ1v) is 13.5. The summed E-state index contributed by atoms with van der Waals surface area (Å²) in [5.41, 5.74) is 3.32. The Morgan fingerprint density at radius 1 is 1.14 bits per heavy atom. The Morgan fingerprint density at radius 3 is 2.74 bits per heavy atom. The maximum absolute atomic E-state index is 12.7. The number of aromatic nitrogens is 1. The average Bonchev–Trinajstić information content (AvgIpc) is 3.51. The highest BCUT2D eigenvalue weighted by molar-refractivity contribution is 7.15. The molecule has 1 aromatic heterocycles. The van der Waals surface area contributed by atoms with Crippen molar-refractivity contribution >= 4 is 17.4 Å². The summed E-state index contributed by atoms with van der Waals surface area (Å²) in [6.45, 7) is 7.26. The predicted molar refractivity (Wildman–Crippen MR) is 141 cm³/mol. The van der Waals surface area contributed by atoms with Crippen molar-refractivity contribution in [3.63, 3.8) is 0 Å². The molecule has 6 nitrogen and oxygen atoms in total. The van der Waals surface area contributed by atoms with Gasteiger partial charge in [0.05, 0.1) is 18.8 Å². The highest BCUT2D eigenvalue weighted by Gasteiger charge is 2.24. The Hall–Kier alpha value is -2.90. The zero-order chi connectivity index (χ0) is 24.0. The van der Waals surface area contributed by atoms with Gasteiger partial charge in [0.2, 0.25) is 0 Å². The van der Waals surface area contributed by atoms with Gasteiger partial charge in [0.25, 0.3) is 0 Å². The number of urea groups is 1. The summed E-state index contributed by atoms with van der Waals surface area (Å²) in [5.74, 6) is 0.908. The van der Waals surface area contributed by atoms with Gasteiger partial charge < -0.3 is 19.9 Å². The third kappa shape index (κ3) is 6.03. The number of likely N-dealkylation sites (tertiary alicyclic amines) is 1. The number of carbonyl (C=O) groups excluding carboxylic acids is 1. The van der Waals surface area contributed by atoms with Crippen LogP contribution in [0.5, 0.6) is 5.75 Å². The number of ether oxygens (including phenoxy) is 1. The van der Waals surface area contributed by atoms with Crippen molar-refractivity contribution < 1.29 is 9.53 Å². The minimum Gasteiger partial charge on any atom is -0.494 e. The molecule has 1 atom stereocenters. The van der Waals surface area contributed by atoms with Crippen LogP contribution in [0.2, 0.25) is 0 Å². The Morgan fingerprint density at radius 2 is 1.97 bits per heavy atom. The molecule has 1 saturated heterocycles. The molecule has 184 valence electrons. The molecule has 0 aliphatic carbocycles. The van der Waals surface area contributed by atoms with Gasteiger partial charge in [0.15, 0.2) is 0 Å². The minimum atomic E-state index is -0.0184. The van der Waals surface area contributed by atoms with Crippen LogP contribution in [-0.2, 0) is 19.5 Å². The number of amides is 2. The van der Waals surface area contributed by atoms with Crippen molar-refractivity contribution in [2.24, 2.45) is 0 Å². The molecule has 2 aromatic carbocycles. The summed E-state index contributed by atoms with van der Waals surface area (Å²) >= 11 is 1.69. The number of hydrogen-bond donors (Lipinski definition) is 1. The molecule has 0 saturated carbocycles. The van der Waals surface area contributed by atoms with Gasteiger partial charge in [-0.2, -0.15) is 0 Å². The number of thiazole rings is 1. The molecule has 3 aromatic rings. The van der Waals surface area contributed by atoms with E-state index >= 15 is 0 Å². The first-order chi connectivity index (χ1) is 17.2. The van der Waals surface area contributed by atoms with Crippen molar-refractivity contribution in [3.05, 3.63) is 70.7 Å². The lowest BCUT2D eigenvalue weighted by Crippen LogP contribution is -2.42. The Kier molecular flexibility index (Phi) is 7.64. The van der Waals surface area contributed by atoms with E-state index in [-0.39, 0.29) is 6.03 Å². The highest BCUT2D eigenvalue weighted by Crippen LogP contribution is 2.32. The summed E-state index contributed by atoms with van der Waals surface area (Å²) < 4.78 is 5.97. The van der Waals surface area contributed by atoms with Crippen LogP contribution in [0.15, 0.2) is 54.6 Å². The van der Waals surface area contributed by atoms with E-state index in [2.05, 4.69) is 29.3 Å². The largest absolute Gasteiger partial charge is 0.494 e. The summed E-state index contributed by atoms with van der Waals surface area (Å²) in [7, 11) is 0. The topological polar surface area (TPSA) is 57.7 Å². The molecule has 2 amide bonds. The van der Waals surface area contributed by atoms with Gasteiger partial charge in [0.1, 0.15) is 10.8 Å². The van der Waals surface area contributed by atoms with E-state index < -0.39 is 0 Å². The van der Waals surface area contributed by atoms with E-state index in [9.17, 15) is 4.79 Å². The quantitative estimate of drug-likeness (QED) is 0.434. The lowest BCUT2D eigenvalue weighted by Gasteiger charge is -2.26. The molecule has 2 aliphatic rings. The fourth-order valence-corrected chi connectivity index (χ4v) is 5.98. The van der Waals surface area contributed by atoms with E-state index in [1.165, 1.54) is 24.3 Å². The summed E-state index contributed by atoms with van der Waals surface area (Å²) in [5, 5.41) is 4.05. The van der Waals surface area contributed by atoms with Crippen molar-refractivity contribution in [2.45, 2.75) is 51.7 Å². The zero-order valence-electron chi connectivity index (χ0n) is 20.4. The molecular weight excluding hydrogens is 456 g/mol. The predicted octanol–water partition coefficient (Wildman–Crippen LogP) is 5.33. The molecule has 1 unspecified atom stereocenters. The van der Waals surface area contributed by atoms with Gasteiger partial charge in [-0.25, -0.2) is 9.78 Å². The highest BCUT2D eigenvalue weighted by atomic mass is 32.1. The molecule has 0 spiro atoms. The van der Waals surface area contributed by atoms with Gasteiger partial charge in [0, 0.05) is 42.5 Å². The number of carbonyl (C=O) groups is 1. The van der Waals surface area contributed by atoms with Crippen LogP contribution in [0.1, 0.15) is 42.3 Å². The second-order valence-electron chi connectivity index (χ2n) is 9.46. The zero-order valence-corrected chi connectivity index (χ0v) is 21.2. The van der Waals surface area contributed by atoms with Crippen LogP contribution in [0.4, 0.5) is 4.79 Å². The second kappa shape index (κ2) is 11.2. The molecule has 3 heterocycles. The standard InChI is InChI=1S/C28H34N4O2S/c1-21-7-5-15-31(21)16-6-18-34-24-12-10-23(11-13-24)27-30-25-14-17-32(20-26(25)35-27)28(33)29-19-22-8-3-2-4-9-22/h2-4,8-13,21H,5-7,14-20H2,1H3,(H,29,33). The van der Waals surface area contributed by atoms with Crippen molar-refractivity contribution in [3.8, 4) is 16.3 Å². The Balaban J connectivity index is 1.11. The van der Waals surface area contributed by atoms with Crippen LogP contribution >= 0.6 is 11.3 Å². The first kappa shape index (κ1) is 23.8. The van der Waals surface area contributed by atoms with Crippen molar-refractivity contribution in [2.75, 3.05) is 26.2 Å². The van der Waals surface area contributed by atoms with Gasteiger partial charge in [-0.05, 0) is 62.6 Å². The smallest absolute Gasteiger partial charge is 0.318 e. The fraction of sp³-hybridized carbons (Fsp3) is 0.429. The van der Waals surface area contributed by atoms with E-state index in [0.29, 0.717) is 25.7 Å². The summed E-state index contributed by atoms with van der Waals surface area (Å²) in [6, 6.07) is 19.0. The van der Waals surface area contributed by atoms with E-state index in [0.717, 1.165) is 53.6 Å². The summed E-state index contributed by atoms with van der Waals surface area (Å²) in [6.07, 6.45) is 4.49. The maximum atomic E-state index is 12.7. The van der Waals surface area contributed by atoms with Crippen LogP contribution in [0.25, 0.3) is 10.6 Å². The SMILES string of the molecule is CC1CCCN1CCCOc1ccc(-c2nc3c(s2)CN(C(=O)NCc2ccccc2)CC3)cc1. The minimum absolute atomic E-state index is 0.0184. The number of rotatable bonds is 8. The Bertz CT molecular complexity index is 1120. The number of nitrogens with one attached hydrogen (secondary N) is 1. The fourth-order valence-electron chi connectivity index (χ4n) is 4.85. The molecule has 1 N–H and O–H groups in total. The number of benzene rings is 2. The number of hydrogen-bond acceptors (Lipinski definition) is 5. The van der Waals surface area contributed by atoms with Gasteiger partial charge in [-0.1, -0.05) is 30.3 Å². The normalized spacial score (nSPS) is 17.9. The van der Waals surface area contributed by atoms with E-state index in [4.69, 9.17) is 9.72 Å². The maximum Gasteiger partial charge on any atom is 0.318 e.